The van der Waals surface area contributed by atoms with Crippen molar-refractivity contribution < 1.29 is 4.79 Å². The van der Waals surface area contributed by atoms with Crippen LogP contribution < -0.4 is 4.90 Å². The highest BCUT2D eigenvalue weighted by Gasteiger charge is 2.21. The van der Waals surface area contributed by atoms with E-state index in [2.05, 4.69) is 23.7 Å². The monoisotopic (exact) mass is 398 g/mol. The van der Waals surface area contributed by atoms with Crippen LogP contribution in [0.15, 0.2) is 30.3 Å². The van der Waals surface area contributed by atoms with E-state index in [9.17, 15) is 4.79 Å². The van der Waals surface area contributed by atoms with Gasteiger partial charge in [-0.1, -0.05) is 37.6 Å². The van der Waals surface area contributed by atoms with Crippen LogP contribution in [-0.2, 0) is 4.79 Å². The van der Waals surface area contributed by atoms with Gasteiger partial charge in [0.15, 0.2) is 0 Å². The van der Waals surface area contributed by atoms with Crippen molar-refractivity contribution in [1.29, 1.82) is 0 Å². The summed E-state index contributed by atoms with van der Waals surface area (Å²) in [6, 6.07) is 7.82. The second-order valence-corrected chi connectivity index (χ2v) is 7.94. The van der Waals surface area contributed by atoms with E-state index in [1.54, 1.807) is 6.08 Å². The normalized spacial score (nSPS) is 14.9. The number of hydrogen-bond acceptors (Lipinski definition) is 4. The maximum atomic E-state index is 12.5. The van der Waals surface area contributed by atoms with Crippen LogP contribution in [0.3, 0.4) is 0 Å². The third kappa shape index (κ3) is 4.90. The molecule has 3 rings (SSSR count). The van der Waals surface area contributed by atoms with Crippen molar-refractivity contribution >= 4 is 29.4 Å². The molecule has 1 aliphatic heterocycles. The fraction of sp³-hybridized carbons (Fsp3) is 0.409. The molecule has 1 saturated heterocycles. The molecule has 148 valence electrons. The maximum absolute atomic E-state index is 12.5. The first-order chi connectivity index (χ1) is 13.3. The number of aromatic nitrogens is 2. The summed E-state index contributed by atoms with van der Waals surface area (Å²) < 4.78 is 0. The van der Waals surface area contributed by atoms with Crippen molar-refractivity contribution in [3.63, 3.8) is 0 Å². The predicted octanol–water partition coefficient (Wildman–Crippen LogP) is 4.23. The topological polar surface area (TPSA) is 49.3 Å². The fourth-order valence-electron chi connectivity index (χ4n) is 3.14. The molecule has 28 heavy (non-hydrogen) atoms. The minimum absolute atomic E-state index is 0.0260. The Morgan fingerprint density at radius 1 is 1.11 bits per heavy atom. The number of nitrogens with zero attached hydrogens (tertiary/aromatic N) is 4. The summed E-state index contributed by atoms with van der Waals surface area (Å²) >= 11 is 6.15. The molecule has 5 nitrogen and oxygen atoms in total. The first kappa shape index (κ1) is 20.3. The largest absolute Gasteiger partial charge is 0.353 e. The van der Waals surface area contributed by atoms with Crippen LogP contribution in [0.2, 0.25) is 5.02 Å². The lowest BCUT2D eigenvalue weighted by molar-refractivity contribution is -0.126. The van der Waals surface area contributed by atoms with E-state index < -0.39 is 0 Å². The number of aryl methyl sites for hydroxylation is 2. The molecule has 0 atom stereocenters. The Kier molecular flexibility index (Phi) is 6.35. The summed E-state index contributed by atoms with van der Waals surface area (Å²) in [6.07, 6.45) is 3.45. The van der Waals surface area contributed by atoms with Gasteiger partial charge in [-0.15, -0.1) is 0 Å². The Morgan fingerprint density at radius 2 is 1.82 bits per heavy atom. The Morgan fingerprint density at radius 3 is 2.46 bits per heavy atom. The van der Waals surface area contributed by atoms with Gasteiger partial charge in [0, 0.05) is 55.0 Å². The average molecular weight is 399 g/mol. The zero-order valence-corrected chi connectivity index (χ0v) is 17.7. The third-order valence-electron chi connectivity index (χ3n) is 4.90. The molecule has 0 aliphatic carbocycles. The van der Waals surface area contributed by atoms with E-state index in [1.807, 2.05) is 49.1 Å². The SMILES string of the molecule is Cc1cc(N2CCN(C(=O)/C=C/c3ccc(C)c(Cl)c3)CC2)nc(C(C)C)n1. The molecule has 1 aromatic carbocycles. The second kappa shape index (κ2) is 8.74. The first-order valence-electron chi connectivity index (χ1n) is 9.67. The lowest BCUT2D eigenvalue weighted by Crippen LogP contribution is -2.48. The molecular weight excluding hydrogens is 372 g/mol. The van der Waals surface area contributed by atoms with E-state index in [0.29, 0.717) is 24.0 Å². The van der Waals surface area contributed by atoms with Gasteiger partial charge in [0.25, 0.3) is 0 Å². The number of halogens is 1. The summed E-state index contributed by atoms with van der Waals surface area (Å²) in [5, 5.41) is 0.712. The number of amides is 1. The van der Waals surface area contributed by atoms with E-state index in [0.717, 1.165) is 41.6 Å². The van der Waals surface area contributed by atoms with Crippen LogP contribution in [0, 0.1) is 13.8 Å². The van der Waals surface area contributed by atoms with Gasteiger partial charge < -0.3 is 9.80 Å². The Bertz CT molecular complexity index is 886. The summed E-state index contributed by atoms with van der Waals surface area (Å²) in [7, 11) is 0. The zero-order chi connectivity index (χ0) is 20.3. The van der Waals surface area contributed by atoms with Crippen LogP contribution in [0.4, 0.5) is 5.82 Å². The maximum Gasteiger partial charge on any atom is 0.246 e. The molecule has 1 aromatic heterocycles. The van der Waals surface area contributed by atoms with E-state index in [4.69, 9.17) is 16.6 Å². The lowest BCUT2D eigenvalue weighted by Gasteiger charge is -2.35. The van der Waals surface area contributed by atoms with E-state index in [1.165, 1.54) is 0 Å². The zero-order valence-electron chi connectivity index (χ0n) is 16.9. The third-order valence-corrected chi connectivity index (χ3v) is 5.31. The summed E-state index contributed by atoms with van der Waals surface area (Å²) in [4.78, 5) is 25.8. The minimum Gasteiger partial charge on any atom is -0.353 e. The molecule has 0 bridgehead atoms. The standard InChI is InChI=1S/C22H27ClN4O/c1-15(2)22-24-17(4)13-20(25-22)26-9-11-27(12-10-26)21(28)8-7-18-6-5-16(3)19(23)14-18/h5-8,13-15H,9-12H2,1-4H3/b8-7+. The molecule has 0 N–H and O–H groups in total. The lowest BCUT2D eigenvalue weighted by atomic mass is 10.1. The van der Waals surface area contributed by atoms with Crippen molar-refractivity contribution in [2.24, 2.45) is 0 Å². The van der Waals surface area contributed by atoms with Gasteiger partial charge in [0.1, 0.15) is 11.6 Å². The molecule has 0 radical (unpaired) electrons. The predicted molar refractivity (Wildman–Crippen MR) is 115 cm³/mol. The molecular formula is C22H27ClN4O. The summed E-state index contributed by atoms with van der Waals surface area (Å²) in [5.74, 6) is 2.14. The van der Waals surface area contributed by atoms with E-state index in [-0.39, 0.29) is 5.91 Å². The number of anilines is 1. The van der Waals surface area contributed by atoms with E-state index >= 15 is 0 Å². The molecule has 2 heterocycles. The molecule has 1 aliphatic rings. The Hall–Kier alpha value is -2.40. The number of carbonyl (C=O) groups is 1. The molecule has 2 aromatic rings. The van der Waals surface area contributed by atoms with Crippen LogP contribution in [0.25, 0.3) is 6.08 Å². The molecule has 1 fully saturated rings. The number of carbonyl (C=O) groups excluding carboxylic acids is 1. The molecule has 0 spiro atoms. The quantitative estimate of drug-likeness (QED) is 0.723. The Labute approximate surface area is 172 Å². The van der Waals surface area contributed by atoms with Crippen LogP contribution in [0.5, 0.6) is 0 Å². The summed E-state index contributed by atoms with van der Waals surface area (Å²) in [6.45, 7) is 11.1. The van der Waals surface area contributed by atoms with Crippen molar-refractivity contribution in [3.8, 4) is 0 Å². The van der Waals surface area contributed by atoms with Crippen molar-refractivity contribution in [1.82, 2.24) is 14.9 Å². The minimum atomic E-state index is 0.0260. The van der Waals surface area contributed by atoms with Gasteiger partial charge in [-0.05, 0) is 37.1 Å². The molecule has 1 amide bonds. The first-order valence-corrected chi connectivity index (χ1v) is 10.0. The summed E-state index contributed by atoms with van der Waals surface area (Å²) in [5.41, 5.74) is 2.94. The van der Waals surface area contributed by atoms with Gasteiger partial charge in [-0.25, -0.2) is 9.97 Å². The van der Waals surface area contributed by atoms with Crippen molar-refractivity contribution in [3.05, 3.63) is 58.0 Å². The van der Waals surface area contributed by atoms with Gasteiger partial charge in [-0.3, -0.25) is 4.79 Å². The van der Waals surface area contributed by atoms with Gasteiger partial charge in [-0.2, -0.15) is 0 Å². The second-order valence-electron chi connectivity index (χ2n) is 7.53. The van der Waals surface area contributed by atoms with Crippen LogP contribution in [0.1, 0.15) is 42.4 Å². The smallest absolute Gasteiger partial charge is 0.246 e. The molecule has 0 saturated carbocycles. The highest BCUT2D eigenvalue weighted by Crippen LogP contribution is 2.20. The van der Waals surface area contributed by atoms with Gasteiger partial charge in [0.2, 0.25) is 5.91 Å². The fourth-order valence-corrected chi connectivity index (χ4v) is 3.33. The highest BCUT2D eigenvalue weighted by atomic mass is 35.5. The average Bonchev–Trinajstić information content (AvgIpc) is 2.68. The van der Waals surface area contributed by atoms with Crippen molar-refractivity contribution in [2.45, 2.75) is 33.6 Å². The van der Waals surface area contributed by atoms with Crippen LogP contribution >= 0.6 is 11.6 Å². The molecule has 0 unspecified atom stereocenters. The van der Waals surface area contributed by atoms with Gasteiger partial charge >= 0.3 is 0 Å². The number of hydrogen-bond donors (Lipinski definition) is 0. The van der Waals surface area contributed by atoms with Crippen LogP contribution in [-0.4, -0.2) is 47.0 Å². The van der Waals surface area contributed by atoms with Crippen molar-refractivity contribution in [2.75, 3.05) is 31.1 Å². The molecule has 6 heteroatoms. The number of benzene rings is 1. The number of piperazine rings is 1. The Balaban J connectivity index is 1.61. The van der Waals surface area contributed by atoms with Gasteiger partial charge in [0.05, 0.1) is 0 Å². The number of rotatable bonds is 4. The highest BCUT2D eigenvalue weighted by molar-refractivity contribution is 6.31.